The molecule has 0 amide bonds. The van der Waals surface area contributed by atoms with E-state index in [4.69, 9.17) is 9.97 Å². The van der Waals surface area contributed by atoms with Gasteiger partial charge in [-0.25, -0.2) is 9.97 Å². The summed E-state index contributed by atoms with van der Waals surface area (Å²) in [7, 11) is 0. The van der Waals surface area contributed by atoms with Gasteiger partial charge in [0.15, 0.2) is 0 Å². The molecular weight excluding hydrogens is 318 g/mol. The van der Waals surface area contributed by atoms with Crippen molar-refractivity contribution in [2.45, 2.75) is 0 Å². The molecule has 0 unspecified atom stereocenters. The molecule has 2 heterocycles. The Labute approximate surface area is 148 Å². The second kappa shape index (κ2) is 4.96. The summed E-state index contributed by atoms with van der Waals surface area (Å²) in [4.78, 5) is 14.6. The molecule has 0 N–H and O–H groups in total. The number of benzene rings is 4. The van der Waals surface area contributed by atoms with Gasteiger partial charge in [0.1, 0.15) is 0 Å². The van der Waals surface area contributed by atoms with Crippen molar-refractivity contribution in [1.29, 1.82) is 0 Å². The number of hydrogen-bond acceptors (Lipinski definition) is 3. The van der Waals surface area contributed by atoms with Crippen LogP contribution in [-0.4, -0.2) is 15.0 Å². The standard InChI is InChI=1S/C23H13N3/c1-2-7-15-13-18-17(12-14(15)6-1)21-16(8-5-11-24-21)22-23(18)26-20-10-4-3-9-19(20)25-22/h1-13H. The van der Waals surface area contributed by atoms with E-state index in [9.17, 15) is 0 Å². The Hall–Kier alpha value is -3.59. The first kappa shape index (κ1) is 13.7. The maximum Gasteiger partial charge on any atom is 0.0995 e. The van der Waals surface area contributed by atoms with E-state index >= 15 is 0 Å². The molecule has 2 aromatic heterocycles. The van der Waals surface area contributed by atoms with Crippen LogP contribution in [0, 0.1) is 0 Å². The summed E-state index contributed by atoms with van der Waals surface area (Å²) in [6.45, 7) is 0. The maximum absolute atomic E-state index is 4.97. The van der Waals surface area contributed by atoms with Crippen LogP contribution in [0.5, 0.6) is 0 Å². The fourth-order valence-corrected chi connectivity index (χ4v) is 3.82. The highest BCUT2D eigenvalue weighted by atomic mass is 14.8. The van der Waals surface area contributed by atoms with Gasteiger partial charge in [0.2, 0.25) is 0 Å². The van der Waals surface area contributed by atoms with Gasteiger partial charge in [-0.15, -0.1) is 0 Å². The highest BCUT2D eigenvalue weighted by molar-refractivity contribution is 6.24. The lowest BCUT2D eigenvalue weighted by atomic mass is 9.99. The Kier molecular flexibility index (Phi) is 2.61. The van der Waals surface area contributed by atoms with Gasteiger partial charge in [-0.3, -0.25) is 4.98 Å². The Morgan fingerprint density at radius 3 is 1.77 bits per heavy atom. The number of hydrogen-bond donors (Lipinski definition) is 0. The molecule has 0 bridgehead atoms. The van der Waals surface area contributed by atoms with Crippen LogP contribution in [0.4, 0.5) is 0 Å². The average Bonchev–Trinajstić information content (AvgIpc) is 2.71. The fraction of sp³-hybridized carbons (Fsp3) is 0. The minimum atomic E-state index is 0.908. The van der Waals surface area contributed by atoms with Gasteiger partial charge in [-0.05, 0) is 47.2 Å². The van der Waals surface area contributed by atoms with Gasteiger partial charge < -0.3 is 0 Å². The van der Waals surface area contributed by atoms with E-state index in [1.807, 2.05) is 36.5 Å². The first-order valence-electron chi connectivity index (χ1n) is 8.64. The Bertz CT molecular complexity index is 1370. The van der Waals surface area contributed by atoms with Gasteiger partial charge in [-0.2, -0.15) is 0 Å². The second-order valence-corrected chi connectivity index (χ2v) is 6.55. The molecule has 0 radical (unpaired) electrons. The lowest BCUT2D eigenvalue weighted by molar-refractivity contribution is 1.40. The third kappa shape index (κ3) is 1.80. The van der Waals surface area contributed by atoms with Gasteiger partial charge in [0.25, 0.3) is 0 Å². The van der Waals surface area contributed by atoms with Crippen molar-refractivity contribution < 1.29 is 0 Å². The van der Waals surface area contributed by atoms with Gasteiger partial charge in [-0.1, -0.05) is 36.4 Å². The molecule has 0 saturated carbocycles. The molecule has 0 aliphatic heterocycles. The van der Waals surface area contributed by atoms with Crippen LogP contribution < -0.4 is 0 Å². The van der Waals surface area contributed by atoms with Crippen LogP contribution in [0.3, 0.4) is 0 Å². The van der Waals surface area contributed by atoms with Gasteiger partial charge in [0, 0.05) is 22.4 Å². The van der Waals surface area contributed by atoms with Crippen molar-refractivity contribution in [2.75, 3.05) is 0 Å². The molecule has 0 atom stereocenters. The predicted molar refractivity (Wildman–Crippen MR) is 107 cm³/mol. The molecule has 0 saturated heterocycles. The predicted octanol–water partition coefficient (Wildman–Crippen LogP) is 5.64. The summed E-state index contributed by atoms with van der Waals surface area (Å²) in [5.41, 5.74) is 4.65. The Morgan fingerprint density at radius 2 is 1.08 bits per heavy atom. The van der Waals surface area contributed by atoms with E-state index in [0.717, 1.165) is 43.7 Å². The van der Waals surface area contributed by atoms with Gasteiger partial charge >= 0.3 is 0 Å². The van der Waals surface area contributed by atoms with Crippen molar-refractivity contribution in [3.8, 4) is 0 Å². The molecule has 0 aliphatic carbocycles. The third-order valence-corrected chi connectivity index (χ3v) is 5.03. The van der Waals surface area contributed by atoms with Crippen LogP contribution in [0.25, 0.3) is 54.5 Å². The zero-order valence-corrected chi connectivity index (χ0v) is 13.8. The number of para-hydroxylation sites is 2. The summed E-state index contributed by atoms with van der Waals surface area (Å²) < 4.78 is 0. The summed E-state index contributed by atoms with van der Waals surface area (Å²) in [6, 6.07) is 24.9. The second-order valence-electron chi connectivity index (χ2n) is 6.55. The minimum absolute atomic E-state index is 0.908. The topological polar surface area (TPSA) is 38.7 Å². The molecule has 26 heavy (non-hydrogen) atoms. The molecule has 4 aromatic carbocycles. The van der Waals surface area contributed by atoms with E-state index in [1.54, 1.807) is 0 Å². The largest absolute Gasteiger partial charge is 0.256 e. The molecular formula is C23H13N3. The summed E-state index contributed by atoms with van der Waals surface area (Å²) in [6.07, 6.45) is 1.84. The highest BCUT2D eigenvalue weighted by Gasteiger charge is 2.13. The molecule has 0 fully saturated rings. The Balaban J connectivity index is 1.97. The van der Waals surface area contributed by atoms with E-state index in [0.29, 0.717) is 0 Å². The maximum atomic E-state index is 4.97. The van der Waals surface area contributed by atoms with Crippen molar-refractivity contribution in [3.05, 3.63) is 79.0 Å². The summed E-state index contributed by atoms with van der Waals surface area (Å²) in [5.74, 6) is 0. The van der Waals surface area contributed by atoms with Crippen LogP contribution in [-0.2, 0) is 0 Å². The number of pyridine rings is 1. The zero-order valence-electron chi connectivity index (χ0n) is 13.8. The van der Waals surface area contributed by atoms with E-state index in [2.05, 4.69) is 47.4 Å². The fourth-order valence-electron chi connectivity index (χ4n) is 3.82. The van der Waals surface area contributed by atoms with E-state index in [1.165, 1.54) is 10.8 Å². The Morgan fingerprint density at radius 1 is 0.500 bits per heavy atom. The number of fused-ring (bicyclic) bond motifs is 8. The molecule has 3 heteroatoms. The minimum Gasteiger partial charge on any atom is -0.256 e. The molecule has 6 rings (SSSR count). The summed E-state index contributed by atoms with van der Waals surface area (Å²) >= 11 is 0. The van der Waals surface area contributed by atoms with Crippen molar-refractivity contribution in [2.24, 2.45) is 0 Å². The smallest absolute Gasteiger partial charge is 0.0995 e. The first-order valence-corrected chi connectivity index (χ1v) is 8.64. The number of nitrogens with zero attached hydrogens (tertiary/aromatic N) is 3. The van der Waals surface area contributed by atoms with Crippen LogP contribution in [0.1, 0.15) is 0 Å². The first-order chi connectivity index (χ1) is 12.9. The van der Waals surface area contributed by atoms with E-state index < -0.39 is 0 Å². The van der Waals surface area contributed by atoms with Crippen LogP contribution in [0.2, 0.25) is 0 Å². The lowest BCUT2D eigenvalue weighted by Gasteiger charge is -2.10. The van der Waals surface area contributed by atoms with Crippen LogP contribution in [0.15, 0.2) is 79.0 Å². The molecule has 120 valence electrons. The SMILES string of the molecule is c1ccc2cc3c(cc2c1)c1ncccc1c1nc2ccccc2nc31. The van der Waals surface area contributed by atoms with Crippen molar-refractivity contribution in [3.63, 3.8) is 0 Å². The summed E-state index contributed by atoms with van der Waals surface area (Å²) in [5, 5.41) is 5.68. The average molecular weight is 331 g/mol. The lowest BCUT2D eigenvalue weighted by Crippen LogP contribution is -1.92. The molecule has 0 spiro atoms. The quantitative estimate of drug-likeness (QED) is 0.267. The monoisotopic (exact) mass is 331 g/mol. The molecule has 0 aliphatic rings. The molecule has 6 aromatic rings. The van der Waals surface area contributed by atoms with Gasteiger partial charge in [0.05, 0.1) is 27.6 Å². The third-order valence-electron chi connectivity index (χ3n) is 5.03. The normalized spacial score (nSPS) is 11.8. The highest BCUT2D eigenvalue weighted by Crippen LogP contribution is 2.35. The van der Waals surface area contributed by atoms with Crippen molar-refractivity contribution in [1.82, 2.24) is 15.0 Å². The number of aromatic nitrogens is 3. The zero-order chi connectivity index (χ0) is 17.1. The molecule has 3 nitrogen and oxygen atoms in total. The van der Waals surface area contributed by atoms with Crippen LogP contribution >= 0.6 is 0 Å². The van der Waals surface area contributed by atoms with E-state index in [-0.39, 0.29) is 0 Å². The van der Waals surface area contributed by atoms with Crippen molar-refractivity contribution >= 4 is 54.5 Å². The number of rotatable bonds is 0.